The van der Waals surface area contributed by atoms with Gasteiger partial charge in [-0.15, -0.1) is 0 Å². The monoisotopic (exact) mass is 245 g/mol. The predicted octanol–water partition coefficient (Wildman–Crippen LogP) is 3.91. The molecule has 1 aliphatic carbocycles. The number of ketones is 1. The summed E-state index contributed by atoms with van der Waals surface area (Å²) >= 11 is 0. The van der Waals surface area contributed by atoms with E-state index in [4.69, 9.17) is 0 Å². The summed E-state index contributed by atoms with van der Waals surface area (Å²) in [6.45, 7) is 6.29. The van der Waals surface area contributed by atoms with Crippen molar-refractivity contribution in [3.8, 4) is 0 Å². The quantitative estimate of drug-likeness (QED) is 0.679. The molecule has 1 saturated carbocycles. The standard InChI is InChI=1S/C16H23NO/c1-3-11-17(12-13-9-10-13)15-8-6-5-7-14(15)16(18)4-2/h5-8,13H,3-4,9-12H2,1-2H3. The third-order valence-electron chi connectivity index (χ3n) is 3.54. The first kappa shape index (κ1) is 13.1. The van der Waals surface area contributed by atoms with Crippen LogP contribution in [0.25, 0.3) is 0 Å². The van der Waals surface area contributed by atoms with Gasteiger partial charge in [0.2, 0.25) is 0 Å². The summed E-state index contributed by atoms with van der Waals surface area (Å²) in [5.41, 5.74) is 2.03. The van der Waals surface area contributed by atoms with Crippen LogP contribution in [0.2, 0.25) is 0 Å². The fourth-order valence-electron chi connectivity index (χ4n) is 2.37. The lowest BCUT2D eigenvalue weighted by atomic mass is 10.1. The van der Waals surface area contributed by atoms with E-state index in [1.165, 1.54) is 12.8 Å². The summed E-state index contributed by atoms with van der Waals surface area (Å²) in [6, 6.07) is 8.07. The number of rotatable bonds is 7. The van der Waals surface area contributed by atoms with Gasteiger partial charge in [-0.2, -0.15) is 0 Å². The van der Waals surface area contributed by atoms with E-state index in [-0.39, 0.29) is 5.78 Å². The highest BCUT2D eigenvalue weighted by Gasteiger charge is 2.25. The van der Waals surface area contributed by atoms with Crippen LogP contribution in [0.3, 0.4) is 0 Å². The molecule has 98 valence electrons. The zero-order valence-corrected chi connectivity index (χ0v) is 11.5. The van der Waals surface area contributed by atoms with Crippen molar-refractivity contribution in [2.75, 3.05) is 18.0 Å². The molecular weight excluding hydrogens is 222 g/mol. The van der Waals surface area contributed by atoms with Gasteiger partial charge >= 0.3 is 0 Å². The van der Waals surface area contributed by atoms with Crippen molar-refractivity contribution in [2.45, 2.75) is 39.5 Å². The normalized spacial score (nSPS) is 14.6. The number of carbonyl (C=O) groups excluding carboxylic acids is 1. The van der Waals surface area contributed by atoms with Gasteiger partial charge in [0.1, 0.15) is 0 Å². The lowest BCUT2D eigenvalue weighted by Gasteiger charge is -2.26. The largest absolute Gasteiger partial charge is 0.371 e. The van der Waals surface area contributed by atoms with Crippen LogP contribution >= 0.6 is 0 Å². The Morgan fingerprint density at radius 3 is 2.61 bits per heavy atom. The molecule has 0 spiro atoms. The molecule has 1 fully saturated rings. The van der Waals surface area contributed by atoms with Gasteiger partial charge in [0.05, 0.1) is 0 Å². The Kier molecular flexibility index (Phi) is 4.40. The maximum atomic E-state index is 12.0. The molecule has 1 aromatic rings. The fraction of sp³-hybridized carbons (Fsp3) is 0.562. The van der Waals surface area contributed by atoms with E-state index in [9.17, 15) is 4.79 Å². The van der Waals surface area contributed by atoms with Crippen LogP contribution in [0.1, 0.15) is 49.9 Å². The topological polar surface area (TPSA) is 20.3 Å². The Balaban J connectivity index is 2.24. The molecule has 0 bridgehead atoms. The predicted molar refractivity (Wildman–Crippen MR) is 76.3 cm³/mol. The third-order valence-corrected chi connectivity index (χ3v) is 3.54. The van der Waals surface area contributed by atoms with Crippen molar-refractivity contribution >= 4 is 11.5 Å². The summed E-state index contributed by atoms with van der Waals surface area (Å²) in [5.74, 6) is 1.10. The Hall–Kier alpha value is -1.31. The maximum Gasteiger partial charge on any atom is 0.164 e. The van der Waals surface area contributed by atoms with Crippen molar-refractivity contribution in [3.05, 3.63) is 29.8 Å². The number of Topliss-reactive ketones (excluding diaryl/α,β-unsaturated/α-hetero) is 1. The Morgan fingerprint density at radius 2 is 2.00 bits per heavy atom. The molecule has 1 aromatic carbocycles. The number of anilines is 1. The second-order valence-corrected chi connectivity index (χ2v) is 5.18. The van der Waals surface area contributed by atoms with Gasteiger partial charge < -0.3 is 4.90 Å². The highest BCUT2D eigenvalue weighted by Crippen LogP contribution is 2.32. The van der Waals surface area contributed by atoms with E-state index < -0.39 is 0 Å². The van der Waals surface area contributed by atoms with Crippen molar-refractivity contribution in [1.82, 2.24) is 0 Å². The Labute approximate surface area is 110 Å². The lowest BCUT2D eigenvalue weighted by molar-refractivity contribution is 0.0988. The van der Waals surface area contributed by atoms with Crippen LogP contribution < -0.4 is 4.90 Å². The van der Waals surface area contributed by atoms with Gasteiger partial charge in [-0.05, 0) is 37.3 Å². The summed E-state index contributed by atoms with van der Waals surface area (Å²) < 4.78 is 0. The Morgan fingerprint density at radius 1 is 1.28 bits per heavy atom. The molecule has 1 aliphatic rings. The maximum absolute atomic E-state index is 12.0. The molecule has 0 amide bonds. The third kappa shape index (κ3) is 3.12. The highest BCUT2D eigenvalue weighted by atomic mass is 16.1. The van der Waals surface area contributed by atoms with Crippen LogP contribution in [0.15, 0.2) is 24.3 Å². The van der Waals surface area contributed by atoms with E-state index >= 15 is 0 Å². The second-order valence-electron chi connectivity index (χ2n) is 5.18. The van der Waals surface area contributed by atoms with E-state index in [0.717, 1.165) is 36.7 Å². The van der Waals surface area contributed by atoms with Gasteiger partial charge in [-0.1, -0.05) is 26.0 Å². The van der Waals surface area contributed by atoms with Crippen molar-refractivity contribution in [3.63, 3.8) is 0 Å². The van der Waals surface area contributed by atoms with Gasteiger partial charge in [-0.25, -0.2) is 0 Å². The molecular formula is C16H23NO. The number of para-hydroxylation sites is 1. The molecule has 0 atom stereocenters. The van der Waals surface area contributed by atoms with Gasteiger partial charge in [-0.3, -0.25) is 4.79 Å². The van der Waals surface area contributed by atoms with Crippen LogP contribution in [-0.4, -0.2) is 18.9 Å². The smallest absolute Gasteiger partial charge is 0.164 e. The molecule has 2 nitrogen and oxygen atoms in total. The summed E-state index contributed by atoms with van der Waals surface area (Å²) in [5, 5.41) is 0. The number of hydrogen-bond acceptors (Lipinski definition) is 2. The first-order chi connectivity index (χ1) is 8.76. The minimum Gasteiger partial charge on any atom is -0.371 e. The molecule has 0 aromatic heterocycles. The highest BCUT2D eigenvalue weighted by molar-refractivity contribution is 6.01. The summed E-state index contributed by atoms with van der Waals surface area (Å²) in [4.78, 5) is 14.4. The fourth-order valence-corrected chi connectivity index (χ4v) is 2.37. The molecule has 0 unspecified atom stereocenters. The van der Waals surface area contributed by atoms with E-state index in [1.807, 2.05) is 25.1 Å². The summed E-state index contributed by atoms with van der Waals surface area (Å²) in [7, 11) is 0. The number of benzene rings is 1. The summed E-state index contributed by atoms with van der Waals surface area (Å²) in [6.07, 6.45) is 4.41. The van der Waals surface area contributed by atoms with Gasteiger partial charge in [0.25, 0.3) is 0 Å². The van der Waals surface area contributed by atoms with Crippen molar-refractivity contribution in [2.24, 2.45) is 5.92 Å². The van der Waals surface area contributed by atoms with Crippen LogP contribution in [0, 0.1) is 5.92 Å². The second kappa shape index (κ2) is 6.03. The molecule has 0 heterocycles. The first-order valence-electron chi connectivity index (χ1n) is 7.13. The molecule has 0 aliphatic heterocycles. The average Bonchev–Trinajstić information content (AvgIpc) is 3.21. The molecule has 0 saturated heterocycles. The van der Waals surface area contributed by atoms with Gasteiger partial charge in [0.15, 0.2) is 5.78 Å². The molecule has 2 rings (SSSR count). The van der Waals surface area contributed by atoms with E-state index in [1.54, 1.807) is 0 Å². The molecule has 2 heteroatoms. The molecule has 0 N–H and O–H groups in total. The lowest BCUT2D eigenvalue weighted by Crippen LogP contribution is -2.28. The zero-order chi connectivity index (χ0) is 13.0. The Bertz CT molecular complexity index is 409. The first-order valence-corrected chi connectivity index (χ1v) is 7.13. The van der Waals surface area contributed by atoms with E-state index in [2.05, 4.69) is 17.9 Å². The van der Waals surface area contributed by atoms with Crippen LogP contribution in [0.5, 0.6) is 0 Å². The minimum atomic E-state index is 0.252. The minimum absolute atomic E-state index is 0.252. The SMILES string of the molecule is CCCN(CC1CC1)c1ccccc1C(=O)CC. The van der Waals surface area contributed by atoms with Crippen LogP contribution in [0.4, 0.5) is 5.69 Å². The average molecular weight is 245 g/mol. The van der Waals surface area contributed by atoms with Gasteiger partial charge in [0, 0.05) is 30.8 Å². The zero-order valence-electron chi connectivity index (χ0n) is 11.5. The van der Waals surface area contributed by atoms with Crippen molar-refractivity contribution in [1.29, 1.82) is 0 Å². The van der Waals surface area contributed by atoms with Crippen LogP contribution in [-0.2, 0) is 0 Å². The number of hydrogen-bond donors (Lipinski definition) is 0. The molecule has 0 radical (unpaired) electrons. The molecule has 18 heavy (non-hydrogen) atoms. The number of carbonyl (C=O) groups is 1. The van der Waals surface area contributed by atoms with Crippen molar-refractivity contribution < 1.29 is 4.79 Å². The number of nitrogens with zero attached hydrogens (tertiary/aromatic N) is 1. The van der Waals surface area contributed by atoms with E-state index in [0.29, 0.717) is 6.42 Å².